The average Bonchev–Trinajstić information content (AvgIpc) is 3.45. The number of imidazole rings is 1. The topological polar surface area (TPSA) is 110 Å². The summed E-state index contributed by atoms with van der Waals surface area (Å²) >= 11 is 0. The monoisotopic (exact) mass is 398 g/mol. The summed E-state index contributed by atoms with van der Waals surface area (Å²) in [5, 5.41) is 8.31. The van der Waals surface area contributed by atoms with Gasteiger partial charge in [-0.3, -0.25) is 4.79 Å². The molecule has 1 saturated carbocycles. The Kier molecular flexibility index (Phi) is 5.15. The van der Waals surface area contributed by atoms with Crippen molar-refractivity contribution in [3.8, 4) is 5.75 Å². The highest BCUT2D eigenvalue weighted by Crippen LogP contribution is 2.40. The van der Waals surface area contributed by atoms with E-state index < -0.39 is 11.0 Å². The molecule has 1 aliphatic rings. The summed E-state index contributed by atoms with van der Waals surface area (Å²) in [6, 6.07) is 10.8. The molecule has 1 amide bonds. The van der Waals surface area contributed by atoms with Crippen LogP contribution in [0.3, 0.4) is 0 Å². The standard InChI is InChI=1S/C20H22N4O3S/c1-27-16-9-8-15(17-18(16)24-19(23-17)13-4-5-13)20(25)22-11-10-12-2-6-14(7-3-12)28(21)26/h2-3,6-9,13H,4-5,10-11,21H2,1H3,(H,22,25)(H,23,24). The third-order valence-electron chi connectivity index (χ3n) is 4.91. The number of benzene rings is 2. The van der Waals surface area contributed by atoms with Crippen molar-refractivity contribution in [2.45, 2.75) is 30.1 Å². The van der Waals surface area contributed by atoms with Crippen LogP contribution < -0.4 is 15.2 Å². The first-order valence-corrected chi connectivity index (χ1v) is 10.4. The third-order valence-corrected chi connectivity index (χ3v) is 5.65. The summed E-state index contributed by atoms with van der Waals surface area (Å²) in [6.07, 6.45) is 2.91. The first kappa shape index (κ1) is 18.6. The molecule has 1 unspecified atom stereocenters. The summed E-state index contributed by atoms with van der Waals surface area (Å²) in [4.78, 5) is 21.3. The van der Waals surface area contributed by atoms with Crippen LogP contribution in [0.4, 0.5) is 0 Å². The van der Waals surface area contributed by atoms with Gasteiger partial charge in [0, 0.05) is 12.5 Å². The Morgan fingerprint density at radius 1 is 1.29 bits per heavy atom. The fourth-order valence-corrected chi connectivity index (χ4v) is 3.60. The zero-order valence-electron chi connectivity index (χ0n) is 15.5. The molecule has 28 heavy (non-hydrogen) atoms. The van der Waals surface area contributed by atoms with E-state index in [1.54, 1.807) is 31.4 Å². The van der Waals surface area contributed by atoms with Crippen molar-refractivity contribution in [2.24, 2.45) is 5.14 Å². The Labute approximate surface area is 165 Å². The predicted octanol–water partition coefficient (Wildman–Crippen LogP) is 2.40. The molecule has 0 saturated heterocycles. The van der Waals surface area contributed by atoms with Gasteiger partial charge < -0.3 is 15.0 Å². The van der Waals surface area contributed by atoms with Crippen molar-refractivity contribution in [1.82, 2.24) is 15.3 Å². The molecule has 1 atom stereocenters. The number of nitrogens with one attached hydrogen (secondary N) is 2. The lowest BCUT2D eigenvalue weighted by Crippen LogP contribution is -2.26. The van der Waals surface area contributed by atoms with Crippen LogP contribution in [0, 0.1) is 0 Å². The van der Waals surface area contributed by atoms with Crippen LogP contribution in [-0.4, -0.2) is 33.7 Å². The van der Waals surface area contributed by atoms with Crippen LogP contribution in [0.15, 0.2) is 41.3 Å². The molecule has 7 nitrogen and oxygen atoms in total. The van der Waals surface area contributed by atoms with Gasteiger partial charge in [-0.15, -0.1) is 0 Å². The van der Waals surface area contributed by atoms with E-state index in [1.165, 1.54) is 0 Å². The average molecular weight is 398 g/mol. The van der Waals surface area contributed by atoms with E-state index >= 15 is 0 Å². The smallest absolute Gasteiger partial charge is 0.253 e. The molecule has 0 bridgehead atoms. The number of nitrogens with zero attached hydrogens (tertiary/aromatic N) is 1. The second-order valence-electron chi connectivity index (χ2n) is 6.88. The van der Waals surface area contributed by atoms with Crippen LogP contribution in [0.1, 0.15) is 40.5 Å². The van der Waals surface area contributed by atoms with Crippen molar-refractivity contribution in [2.75, 3.05) is 13.7 Å². The van der Waals surface area contributed by atoms with Gasteiger partial charge in [0.05, 0.1) is 17.6 Å². The van der Waals surface area contributed by atoms with E-state index in [2.05, 4.69) is 15.3 Å². The molecule has 1 aliphatic carbocycles. The second kappa shape index (κ2) is 7.73. The minimum absolute atomic E-state index is 0.166. The Morgan fingerprint density at radius 2 is 2.04 bits per heavy atom. The minimum Gasteiger partial charge on any atom is -0.494 e. The van der Waals surface area contributed by atoms with Gasteiger partial charge in [0.1, 0.15) is 33.6 Å². The van der Waals surface area contributed by atoms with Gasteiger partial charge in [-0.05, 0) is 49.1 Å². The first-order valence-electron chi connectivity index (χ1n) is 9.16. The normalized spacial score (nSPS) is 14.8. The van der Waals surface area contributed by atoms with Crippen molar-refractivity contribution in [3.05, 3.63) is 53.3 Å². The third kappa shape index (κ3) is 3.79. The molecule has 1 heterocycles. The van der Waals surface area contributed by atoms with Gasteiger partial charge >= 0.3 is 0 Å². The quantitative estimate of drug-likeness (QED) is 0.567. The number of aromatic amines is 1. The second-order valence-corrected chi connectivity index (χ2v) is 7.95. The maximum Gasteiger partial charge on any atom is 0.253 e. The minimum atomic E-state index is -1.48. The Morgan fingerprint density at radius 3 is 2.68 bits per heavy atom. The summed E-state index contributed by atoms with van der Waals surface area (Å²) in [6.45, 7) is 0.483. The van der Waals surface area contributed by atoms with E-state index in [4.69, 9.17) is 9.88 Å². The molecule has 0 aliphatic heterocycles. The van der Waals surface area contributed by atoms with E-state index in [-0.39, 0.29) is 5.91 Å². The number of hydrogen-bond acceptors (Lipinski definition) is 4. The van der Waals surface area contributed by atoms with Gasteiger partial charge in [0.2, 0.25) is 0 Å². The zero-order valence-corrected chi connectivity index (χ0v) is 16.3. The molecule has 3 aromatic rings. The summed E-state index contributed by atoms with van der Waals surface area (Å²) in [7, 11) is 0.130. The number of fused-ring (bicyclic) bond motifs is 1. The van der Waals surface area contributed by atoms with Gasteiger partial charge in [0.25, 0.3) is 5.91 Å². The lowest BCUT2D eigenvalue weighted by Gasteiger charge is -2.08. The Hall–Kier alpha value is -2.71. The molecule has 0 radical (unpaired) electrons. The van der Waals surface area contributed by atoms with E-state index in [0.29, 0.717) is 40.6 Å². The lowest BCUT2D eigenvalue weighted by molar-refractivity contribution is 0.0955. The molecule has 1 fully saturated rings. The summed E-state index contributed by atoms with van der Waals surface area (Å²) in [5.74, 6) is 1.90. The Balaban J connectivity index is 1.47. The zero-order chi connectivity index (χ0) is 19.7. The summed E-state index contributed by atoms with van der Waals surface area (Å²) < 4.78 is 16.6. The van der Waals surface area contributed by atoms with Gasteiger partial charge in [0.15, 0.2) is 0 Å². The van der Waals surface area contributed by atoms with E-state index in [0.717, 1.165) is 29.7 Å². The van der Waals surface area contributed by atoms with E-state index in [1.807, 2.05) is 12.1 Å². The van der Waals surface area contributed by atoms with Crippen LogP contribution in [-0.2, 0) is 17.4 Å². The number of rotatable bonds is 7. The molecule has 4 rings (SSSR count). The molecule has 1 aromatic heterocycles. The fraction of sp³-hybridized carbons (Fsp3) is 0.300. The Bertz CT molecular complexity index is 1040. The first-order chi connectivity index (χ1) is 13.6. The molecule has 2 aromatic carbocycles. The van der Waals surface area contributed by atoms with Crippen LogP contribution in [0.25, 0.3) is 11.0 Å². The van der Waals surface area contributed by atoms with Crippen LogP contribution in [0.5, 0.6) is 5.75 Å². The molecule has 146 valence electrons. The maximum atomic E-state index is 12.7. The lowest BCUT2D eigenvalue weighted by atomic mass is 10.1. The number of ether oxygens (including phenoxy) is 1. The highest BCUT2D eigenvalue weighted by molar-refractivity contribution is 7.82. The van der Waals surface area contributed by atoms with Crippen molar-refractivity contribution < 1.29 is 13.7 Å². The predicted molar refractivity (Wildman–Crippen MR) is 108 cm³/mol. The molecule has 4 N–H and O–H groups in total. The van der Waals surface area contributed by atoms with Crippen LogP contribution >= 0.6 is 0 Å². The number of hydrogen-bond donors (Lipinski definition) is 3. The summed E-state index contributed by atoms with van der Waals surface area (Å²) in [5.41, 5.74) is 2.98. The number of amides is 1. The molecular formula is C20H22N4O3S. The van der Waals surface area contributed by atoms with Crippen molar-refractivity contribution >= 4 is 27.9 Å². The van der Waals surface area contributed by atoms with Gasteiger partial charge in [-0.2, -0.15) is 0 Å². The molecular weight excluding hydrogens is 376 g/mol. The maximum absolute atomic E-state index is 12.7. The van der Waals surface area contributed by atoms with Crippen molar-refractivity contribution in [3.63, 3.8) is 0 Å². The molecule has 8 heteroatoms. The highest BCUT2D eigenvalue weighted by Gasteiger charge is 2.28. The van der Waals surface area contributed by atoms with E-state index in [9.17, 15) is 9.00 Å². The number of methoxy groups -OCH3 is 1. The number of carbonyl (C=O) groups excluding carboxylic acids is 1. The van der Waals surface area contributed by atoms with Crippen molar-refractivity contribution in [1.29, 1.82) is 0 Å². The number of carbonyl (C=O) groups is 1. The fourth-order valence-electron chi connectivity index (χ4n) is 3.20. The van der Waals surface area contributed by atoms with Gasteiger partial charge in [-0.1, -0.05) is 12.1 Å². The highest BCUT2D eigenvalue weighted by atomic mass is 32.2. The number of aromatic nitrogens is 2. The van der Waals surface area contributed by atoms with Crippen LogP contribution in [0.2, 0.25) is 0 Å². The SMILES string of the molecule is COc1ccc(C(=O)NCCc2ccc(S(N)=O)cc2)c2nc(C3CC3)[nH]c12. The molecule has 0 spiro atoms. The largest absolute Gasteiger partial charge is 0.494 e. The number of nitrogens with two attached hydrogens (primary N) is 1. The van der Waals surface area contributed by atoms with Gasteiger partial charge in [-0.25, -0.2) is 14.3 Å². The number of H-pyrrole nitrogens is 1.